The molecule has 5 nitrogen and oxygen atoms in total. The molecule has 1 rings (SSSR count). The number of ether oxygens (including phenoxy) is 2. The van der Waals surface area contributed by atoms with Crippen molar-refractivity contribution in [2.24, 2.45) is 0 Å². The van der Waals surface area contributed by atoms with Gasteiger partial charge in [-0.05, 0) is 6.42 Å². The molecule has 0 spiro atoms. The van der Waals surface area contributed by atoms with Gasteiger partial charge in [-0.25, -0.2) is 9.97 Å². The molecule has 102 valence electrons. The fourth-order valence-corrected chi connectivity index (χ4v) is 1.78. The summed E-state index contributed by atoms with van der Waals surface area (Å²) in [5.41, 5.74) is 0. The highest BCUT2D eigenvalue weighted by molar-refractivity contribution is 6.21. The van der Waals surface area contributed by atoms with Crippen LogP contribution in [0.15, 0.2) is 12.4 Å². The molecule has 0 aliphatic rings. The molecule has 0 aliphatic heterocycles. The van der Waals surface area contributed by atoms with Gasteiger partial charge in [0.2, 0.25) is 5.88 Å². The van der Waals surface area contributed by atoms with Gasteiger partial charge in [0.05, 0.1) is 18.6 Å². The standard InChI is InChI=1S/C12H20ClN3O2/c1-4-5-18-12-6-11(14-9-15-12)16(2)7-10(13)8-17-3/h6,9-10H,4-5,7-8H2,1-3H3. The minimum absolute atomic E-state index is 0.0741. The first-order valence-corrected chi connectivity index (χ1v) is 6.40. The highest BCUT2D eigenvalue weighted by Crippen LogP contribution is 2.15. The van der Waals surface area contributed by atoms with Crippen molar-refractivity contribution < 1.29 is 9.47 Å². The Bertz CT molecular complexity index is 352. The number of alkyl halides is 1. The van der Waals surface area contributed by atoms with Gasteiger partial charge >= 0.3 is 0 Å². The molecule has 1 heterocycles. The zero-order chi connectivity index (χ0) is 13.4. The van der Waals surface area contributed by atoms with Gasteiger partial charge in [0, 0.05) is 26.8 Å². The van der Waals surface area contributed by atoms with Gasteiger partial charge in [-0.3, -0.25) is 0 Å². The second-order valence-electron chi connectivity index (χ2n) is 4.00. The first-order valence-electron chi connectivity index (χ1n) is 5.96. The zero-order valence-corrected chi connectivity index (χ0v) is 11.9. The molecule has 6 heteroatoms. The summed E-state index contributed by atoms with van der Waals surface area (Å²) >= 11 is 6.11. The van der Waals surface area contributed by atoms with Crippen molar-refractivity contribution in [1.82, 2.24) is 9.97 Å². The predicted molar refractivity (Wildman–Crippen MR) is 72.6 cm³/mol. The van der Waals surface area contributed by atoms with Gasteiger partial charge in [-0.2, -0.15) is 0 Å². The van der Waals surface area contributed by atoms with Crippen molar-refractivity contribution >= 4 is 17.4 Å². The third-order valence-electron chi connectivity index (χ3n) is 2.29. The molecule has 0 fully saturated rings. The molecule has 1 unspecified atom stereocenters. The van der Waals surface area contributed by atoms with E-state index in [1.165, 1.54) is 6.33 Å². The van der Waals surface area contributed by atoms with Gasteiger partial charge < -0.3 is 14.4 Å². The molecule has 0 N–H and O–H groups in total. The molecule has 0 aromatic carbocycles. The number of methoxy groups -OCH3 is 1. The van der Waals surface area contributed by atoms with Gasteiger partial charge in [0.15, 0.2) is 0 Å². The predicted octanol–water partition coefficient (Wildman–Crippen LogP) is 1.96. The Hall–Kier alpha value is -1.07. The SMILES string of the molecule is CCCOc1cc(N(C)CC(Cl)COC)ncn1. The van der Waals surface area contributed by atoms with Crippen LogP contribution in [-0.2, 0) is 4.74 Å². The van der Waals surface area contributed by atoms with Crippen LogP contribution in [0.3, 0.4) is 0 Å². The van der Waals surface area contributed by atoms with Crippen molar-refractivity contribution in [3.05, 3.63) is 12.4 Å². The molecule has 0 aliphatic carbocycles. The number of hydrogen-bond donors (Lipinski definition) is 0. The van der Waals surface area contributed by atoms with Crippen molar-refractivity contribution in [2.45, 2.75) is 18.7 Å². The molecule has 0 radical (unpaired) electrons. The van der Waals surface area contributed by atoms with Crippen LogP contribution in [-0.4, -0.2) is 49.3 Å². The minimum Gasteiger partial charge on any atom is -0.478 e. The fraction of sp³-hybridized carbons (Fsp3) is 0.667. The Morgan fingerprint density at radius 2 is 2.22 bits per heavy atom. The molecule has 18 heavy (non-hydrogen) atoms. The lowest BCUT2D eigenvalue weighted by Gasteiger charge is -2.21. The highest BCUT2D eigenvalue weighted by Gasteiger charge is 2.11. The summed E-state index contributed by atoms with van der Waals surface area (Å²) in [6.45, 7) is 3.87. The van der Waals surface area contributed by atoms with Gasteiger partial charge in [-0.1, -0.05) is 6.92 Å². The van der Waals surface area contributed by atoms with Crippen LogP contribution in [0.25, 0.3) is 0 Å². The Morgan fingerprint density at radius 3 is 2.89 bits per heavy atom. The zero-order valence-electron chi connectivity index (χ0n) is 11.1. The lowest BCUT2D eigenvalue weighted by molar-refractivity contribution is 0.199. The third kappa shape index (κ3) is 5.06. The molecule has 0 bridgehead atoms. The van der Waals surface area contributed by atoms with E-state index in [0.717, 1.165) is 12.2 Å². The number of hydrogen-bond acceptors (Lipinski definition) is 5. The maximum Gasteiger partial charge on any atom is 0.218 e. The molecule has 1 aromatic heterocycles. The van der Waals surface area contributed by atoms with Crippen LogP contribution < -0.4 is 9.64 Å². The van der Waals surface area contributed by atoms with E-state index in [-0.39, 0.29) is 5.38 Å². The summed E-state index contributed by atoms with van der Waals surface area (Å²) in [5.74, 6) is 1.38. The number of nitrogens with zero attached hydrogens (tertiary/aromatic N) is 3. The van der Waals surface area contributed by atoms with Gasteiger partial charge in [0.25, 0.3) is 0 Å². The lowest BCUT2D eigenvalue weighted by Crippen LogP contribution is -2.29. The summed E-state index contributed by atoms with van der Waals surface area (Å²) in [5, 5.41) is -0.0741. The van der Waals surface area contributed by atoms with E-state index in [9.17, 15) is 0 Å². The van der Waals surface area contributed by atoms with Crippen LogP contribution in [0.5, 0.6) is 5.88 Å². The van der Waals surface area contributed by atoms with E-state index in [0.29, 0.717) is 25.6 Å². The Kier molecular flexibility index (Phi) is 6.75. The molecular weight excluding hydrogens is 254 g/mol. The lowest BCUT2D eigenvalue weighted by atomic mass is 10.4. The van der Waals surface area contributed by atoms with E-state index in [2.05, 4.69) is 16.9 Å². The van der Waals surface area contributed by atoms with Crippen LogP contribution >= 0.6 is 11.6 Å². The number of anilines is 1. The summed E-state index contributed by atoms with van der Waals surface area (Å²) in [4.78, 5) is 10.2. The van der Waals surface area contributed by atoms with E-state index in [4.69, 9.17) is 21.1 Å². The van der Waals surface area contributed by atoms with Crippen molar-refractivity contribution in [3.63, 3.8) is 0 Å². The third-order valence-corrected chi connectivity index (χ3v) is 2.56. The summed E-state index contributed by atoms with van der Waals surface area (Å²) in [7, 11) is 3.56. The minimum atomic E-state index is -0.0741. The molecular formula is C12H20ClN3O2. The molecule has 1 atom stereocenters. The van der Waals surface area contributed by atoms with Crippen molar-refractivity contribution in [3.8, 4) is 5.88 Å². The largest absolute Gasteiger partial charge is 0.478 e. The average molecular weight is 274 g/mol. The van der Waals surface area contributed by atoms with Crippen LogP contribution in [0, 0.1) is 0 Å². The normalized spacial score (nSPS) is 12.2. The molecule has 1 aromatic rings. The van der Waals surface area contributed by atoms with Crippen LogP contribution in [0.2, 0.25) is 0 Å². The second-order valence-corrected chi connectivity index (χ2v) is 4.61. The Balaban J connectivity index is 2.58. The number of aromatic nitrogens is 2. The van der Waals surface area contributed by atoms with Crippen molar-refractivity contribution in [1.29, 1.82) is 0 Å². The van der Waals surface area contributed by atoms with Gasteiger partial charge in [0.1, 0.15) is 12.1 Å². The summed E-state index contributed by atoms with van der Waals surface area (Å²) < 4.78 is 10.5. The highest BCUT2D eigenvalue weighted by atomic mass is 35.5. The average Bonchev–Trinajstić information content (AvgIpc) is 2.37. The Morgan fingerprint density at radius 1 is 1.44 bits per heavy atom. The molecule has 0 saturated heterocycles. The fourth-order valence-electron chi connectivity index (χ4n) is 1.45. The summed E-state index contributed by atoms with van der Waals surface area (Å²) in [6.07, 6.45) is 2.45. The maximum atomic E-state index is 6.11. The maximum absolute atomic E-state index is 6.11. The molecule has 0 saturated carbocycles. The van der Waals surface area contributed by atoms with Crippen LogP contribution in [0.4, 0.5) is 5.82 Å². The van der Waals surface area contributed by atoms with Crippen LogP contribution in [0.1, 0.15) is 13.3 Å². The van der Waals surface area contributed by atoms with Gasteiger partial charge in [-0.15, -0.1) is 11.6 Å². The smallest absolute Gasteiger partial charge is 0.218 e. The van der Waals surface area contributed by atoms with E-state index < -0.39 is 0 Å². The monoisotopic (exact) mass is 273 g/mol. The molecule has 0 amide bonds. The Labute approximate surface area is 113 Å². The van der Waals surface area contributed by atoms with Crippen molar-refractivity contribution in [2.75, 3.05) is 38.8 Å². The first kappa shape index (κ1) is 15.0. The topological polar surface area (TPSA) is 47.5 Å². The first-order chi connectivity index (χ1) is 8.67. The van der Waals surface area contributed by atoms with E-state index in [1.54, 1.807) is 7.11 Å². The number of halogens is 1. The number of rotatable bonds is 8. The van der Waals surface area contributed by atoms with E-state index in [1.807, 2.05) is 18.0 Å². The second kappa shape index (κ2) is 8.11. The quantitative estimate of drug-likeness (QED) is 0.678. The van der Waals surface area contributed by atoms with E-state index >= 15 is 0 Å². The summed E-state index contributed by atoms with van der Waals surface area (Å²) in [6, 6.07) is 1.81.